The summed E-state index contributed by atoms with van der Waals surface area (Å²) in [5.41, 5.74) is 0. The van der Waals surface area contributed by atoms with Crippen LogP contribution in [0.15, 0.2) is 0 Å². The Morgan fingerprint density at radius 2 is 2.11 bits per heavy atom. The predicted octanol–water partition coefficient (Wildman–Crippen LogP) is 1.72. The SMILES string of the molecule is Fc1n[c]c(Cl)c(Cl)n1. The van der Waals surface area contributed by atoms with Gasteiger partial charge in [0.2, 0.25) is 0 Å². The number of hydrogen-bond donors (Lipinski definition) is 0. The molecule has 1 radical (unpaired) electrons. The molecule has 0 amide bonds. The highest BCUT2D eigenvalue weighted by atomic mass is 35.5. The van der Waals surface area contributed by atoms with Crippen LogP contribution in [0.4, 0.5) is 4.39 Å². The maximum absolute atomic E-state index is 12.0. The summed E-state index contributed by atoms with van der Waals surface area (Å²) in [5.74, 6) is 0. The standard InChI is InChI=1S/C4Cl2FN2/c5-2-1-8-4(7)9-3(2)6. The van der Waals surface area contributed by atoms with Crippen LogP contribution in [0, 0.1) is 12.3 Å². The third-order valence-corrected chi connectivity index (χ3v) is 1.25. The van der Waals surface area contributed by atoms with Crippen LogP contribution in [0.2, 0.25) is 10.2 Å². The lowest BCUT2D eigenvalue weighted by Gasteiger charge is -1.88. The predicted molar refractivity (Wildman–Crippen MR) is 30.8 cm³/mol. The molecule has 0 saturated carbocycles. The highest BCUT2D eigenvalue weighted by Gasteiger charge is 2.00. The average Bonchev–Trinajstić information content (AvgIpc) is 1.80. The van der Waals surface area contributed by atoms with E-state index >= 15 is 0 Å². The molecule has 47 valence electrons. The molecule has 0 aliphatic rings. The van der Waals surface area contributed by atoms with E-state index in [1.54, 1.807) is 0 Å². The maximum Gasteiger partial charge on any atom is 0.310 e. The lowest BCUT2D eigenvalue weighted by molar-refractivity contribution is 0.538. The summed E-state index contributed by atoms with van der Waals surface area (Å²) in [6.45, 7) is 0. The summed E-state index contributed by atoms with van der Waals surface area (Å²) in [6.07, 6.45) is 1.19. The van der Waals surface area contributed by atoms with Gasteiger partial charge in [0, 0.05) is 0 Å². The van der Waals surface area contributed by atoms with Gasteiger partial charge in [0.05, 0.1) is 0 Å². The van der Waals surface area contributed by atoms with E-state index in [-0.39, 0.29) is 10.2 Å². The maximum atomic E-state index is 12.0. The first-order chi connectivity index (χ1) is 4.20. The molecule has 0 saturated heterocycles. The molecule has 1 aromatic rings. The molecule has 5 heteroatoms. The number of nitrogens with zero attached hydrogens (tertiary/aromatic N) is 2. The second-order valence-corrected chi connectivity index (χ2v) is 1.95. The second-order valence-electron chi connectivity index (χ2n) is 1.21. The lowest BCUT2D eigenvalue weighted by atomic mass is 10.7. The molecular formula is C4Cl2FN2. The number of rotatable bonds is 0. The first-order valence-corrected chi connectivity index (χ1v) is 2.72. The van der Waals surface area contributed by atoms with Gasteiger partial charge in [-0.3, -0.25) is 0 Å². The van der Waals surface area contributed by atoms with Crippen molar-refractivity contribution in [2.75, 3.05) is 0 Å². The summed E-state index contributed by atoms with van der Waals surface area (Å²) >= 11 is 10.6. The van der Waals surface area contributed by atoms with Crippen molar-refractivity contribution in [3.05, 3.63) is 22.5 Å². The Bertz CT molecular complexity index is 228. The van der Waals surface area contributed by atoms with Gasteiger partial charge < -0.3 is 0 Å². The summed E-state index contributed by atoms with van der Waals surface area (Å²) in [7, 11) is 0. The Labute approximate surface area is 60.6 Å². The van der Waals surface area contributed by atoms with Crippen molar-refractivity contribution in [1.29, 1.82) is 0 Å². The van der Waals surface area contributed by atoms with Crippen molar-refractivity contribution >= 4 is 23.2 Å². The molecular weight excluding hydrogens is 166 g/mol. The van der Waals surface area contributed by atoms with E-state index in [9.17, 15) is 4.39 Å². The van der Waals surface area contributed by atoms with Crippen LogP contribution < -0.4 is 0 Å². The van der Waals surface area contributed by atoms with Crippen molar-refractivity contribution in [3.63, 3.8) is 0 Å². The van der Waals surface area contributed by atoms with Gasteiger partial charge in [-0.25, -0.2) is 0 Å². The molecule has 1 heterocycles. The molecule has 9 heavy (non-hydrogen) atoms. The minimum atomic E-state index is -0.926. The normalized spacial score (nSPS) is 9.67. The number of halogens is 3. The largest absolute Gasteiger partial charge is 0.310 e. The third kappa shape index (κ3) is 1.50. The monoisotopic (exact) mass is 165 g/mol. The van der Waals surface area contributed by atoms with E-state index in [0.29, 0.717) is 0 Å². The quantitative estimate of drug-likeness (QED) is 0.433. The van der Waals surface area contributed by atoms with Gasteiger partial charge in [-0.05, 0) is 0 Å². The molecule has 0 bridgehead atoms. The summed E-state index contributed by atoms with van der Waals surface area (Å²) in [4.78, 5) is 6.12. The number of hydrogen-bond acceptors (Lipinski definition) is 2. The topological polar surface area (TPSA) is 25.8 Å². The molecule has 2 nitrogen and oxygen atoms in total. The van der Waals surface area contributed by atoms with Crippen molar-refractivity contribution < 1.29 is 4.39 Å². The Kier molecular flexibility index (Phi) is 1.83. The Hall–Kier alpha value is -0.410. The first kappa shape index (κ1) is 6.71. The zero-order valence-electron chi connectivity index (χ0n) is 4.03. The van der Waals surface area contributed by atoms with Crippen LogP contribution >= 0.6 is 23.2 Å². The van der Waals surface area contributed by atoms with Crippen molar-refractivity contribution in [3.8, 4) is 0 Å². The van der Waals surface area contributed by atoms with Gasteiger partial charge in [0.25, 0.3) is 0 Å². The van der Waals surface area contributed by atoms with Crippen molar-refractivity contribution in [1.82, 2.24) is 9.97 Å². The van der Waals surface area contributed by atoms with E-state index in [1.807, 2.05) is 0 Å². The first-order valence-electron chi connectivity index (χ1n) is 1.96. The molecule has 0 aliphatic heterocycles. The van der Waals surface area contributed by atoms with Gasteiger partial charge in [0.1, 0.15) is 11.2 Å². The number of aromatic nitrogens is 2. The van der Waals surface area contributed by atoms with Crippen LogP contribution in [0.25, 0.3) is 0 Å². The molecule has 0 N–H and O–H groups in total. The average molecular weight is 166 g/mol. The van der Waals surface area contributed by atoms with Crippen LogP contribution in [0.5, 0.6) is 0 Å². The zero-order chi connectivity index (χ0) is 6.85. The Morgan fingerprint density at radius 3 is 2.56 bits per heavy atom. The second kappa shape index (κ2) is 2.45. The van der Waals surface area contributed by atoms with Crippen molar-refractivity contribution in [2.45, 2.75) is 0 Å². The van der Waals surface area contributed by atoms with E-state index in [2.05, 4.69) is 16.2 Å². The molecule has 0 fully saturated rings. The van der Waals surface area contributed by atoms with Gasteiger partial charge in [-0.2, -0.15) is 14.4 Å². The molecule has 0 aliphatic carbocycles. The van der Waals surface area contributed by atoms with E-state index in [1.165, 1.54) is 0 Å². The lowest BCUT2D eigenvalue weighted by Crippen LogP contribution is -1.87. The van der Waals surface area contributed by atoms with E-state index in [0.717, 1.165) is 0 Å². The van der Waals surface area contributed by atoms with Crippen LogP contribution in [0.1, 0.15) is 0 Å². The van der Waals surface area contributed by atoms with E-state index < -0.39 is 6.08 Å². The smallest absolute Gasteiger partial charge is 0.199 e. The molecule has 1 rings (SSSR count). The molecule has 1 aromatic heterocycles. The molecule has 0 unspecified atom stereocenters. The van der Waals surface area contributed by atoms with Gasteiger partial charge in [-0.1, -0.05) is 23.2 Å². The molecule has 0 spiro atoms. The fourth-order valence-electron chi connectivity index (χ4n) is 0.296. The molecule has 0 aromatic carbocycles. The third-order valence-electron chi connectivity index (χ3n) is 0.618. The van der Waals surface area contributed by atoms with Gasteiger partial charge >= 0.3 is 6.08 Å². The molecule has 0 atom stereocenters. The van der Waals surface area contributed by atoms with Crippen LogP contribution in [-0.2, 0) is 0 Å². The van der Waals surface area contributed by atoms with E-state index in [4.69, 9.17) is 23.2 Å². The van der Waals surface area contributed by atoms with Crippen LogP contribution in [-0.4, -0.2) is 9.97 Å². The van der Waals surface area contributed by atoms with Gasteiger partial charge in [-0.15, -0.1) is 0 Å². The minimum Gasteiger partial charge on any atom is -0.199 e. The highest BCUT2D eigenvalue weighted by molar-refractivity contribution is 6.40. The summed E-state index contributed by atoms with van der Waals surface area (Å²) in [5, 5.41) is -0.0952. The van der Waals surface area contributed by atoms with Crippen LogP contribution in [0.3, 0.4) is 0 Å². The Balaban J connectivity index is 3.17. The highest BCUT2D eigenvalue weighted by Crippen LogP contribution is 2.15. The Morgan fingerprint density at radius 1 is 1.44 bits per heavy atom. The fraction of sp³-hybridized carbons (Fsp3) is 0. The van der Waals surface area contributed by atoms with Gasteiger partial charge in [0.15, 0.2) is 5.15 Å². The fourth-order valence-corrected chi connectivity index (χ4v) is 0.493. The summed E-state index contributed by atoms with van der Waals surface area (Å²) < 4.78 is 12.0. The summed E-state index contributed by atoms with van der Waals surface area (Å²) in [6, 6.07) is 0. The zero-order valence-corrected chi connectivity index (χ0v) is 5.54. The minimum absolute atomic E-state index is 0.0260. The van der Waals surface area contributed by atoms with Crippen molar-refractivity contribution in [2.24, 2.45) is 0 Å².